The van der Waals surface area contributed by atoms with Crippen LogP contribution in [-0.2, 0) is 4.74 Å². The summed E-state index contributed by atoms with van der Waals surface area (Å²) in [6.07, 6.45) is 2.20. The average Bonchev–Trinajstić information content (AvgIpc) is 3.01. The summed E-state index contributed by atoms with van der Waals surface area (Å²) < 4.78 is 7.70. The molecule has 0 aliphatic rings. The van der Waals surface area contributed by atoms with Crippen LogP contribution in [0.15, 0.2) is 18.3 Å². The Labute approximate surface area is 174 Å². The number of rotatable bonds is 6. The van der Waals surface area contributed by atoms with Crippen LogP contribution in [0.3, 0.4) is 0 Å². The van der Waals surface area contributed by atoms with Gasteiger partial charge in [0.15, 0.2) is 0 Å². The standard InChI is InChI=1S/C24H34N4O/c1-14(2)20-11-10-19(24(25-20)27(7)8)22-17(5)18(6)23-21(26-22)15(3)12-28(23)16(4)13-29-9/h10-12,14,16H,13H2,1-9H3/t16-/m0/s1. The molecular formula is C24H34N4O. The molecule has 0 amide bonds. The maximum Gasteiger partial charge on any atom is 0.137 e. The fraction of sp³-hybridized carbons (Fsp3) is 0.500. The van der Waals surface area contributed by atoms with Crippen LogP contribution < -0.4 is 4.90 Å². The van der Waals surface area contributed by atoms with Gasteiger partial charge in [0.25, 0.3) is 0 Å². The lowest BCUT2D eigenvalue weighted by molar-refractivity contribution is 0.164. The van der Waals surface area contributed by atoms with Gasteiger partial charge in [-0.05, 0) is 62.4 Å². The summed E-state index contributed by atoms with van der Waals surface area (Å²) in [5, 5.41) is 0. The Bertz CT molecular complexity index is 1030. The van der Waals surface area contributed by atoms with Crippen molar-refractivity contribution in [3.8, 4) is 11.3 Å². The summed E-state index contributed by atoms with van der Waals surface area (Å²) in [5.74, 6) is 1.36. The molecule has 3 aromatic rings. The van der Waals surface area contributed by atoms with E-state index < -0.39 is 0 Å². The highest BCUT2D eigenvalue weighted by molar-refractivity contribution is 5.89. The van der Waals surface area contributed by atoms with Crippen molar-refractivity contribution < 1.29 is 4.74 Å². The van der Waals surface area contributed by atoms with Crippen molar-refractivity contribution in [1.29, 1.82) is 0 Å². The Morgan fingerprint density at radius 3 is 2.31 bits per heavy atom. The SMILES string of the molecule is COC[C@H](C)n1cc(C)c2nc(-c3ccc(C(C)C)nc3N(C)C)c(C)c(C)c21. The van der Waals surface area contributed by atoms with Crippen molar-refractivity contribution in [3.63, 3.8) is 0 Å². The Balaban J connectivity index is 2.27. The molecule has 0 aliphatic carbocycles. The molecule has 0 fully saturated rings. The molecule has 1 atom stereocenters. The first kappa shape index (κ1) is 21.3. The summed E-state index contributed by atoms with van der Waals surface area (Å²) in [5.41, 5.74) is 9.10. The monoisotopic (exact) mass is 394 g/mol. The largest absolute Gasteiger partial charge is 0.383 e. The van der Waals surface area contributed by atoms with E-state index >= 15 is 0 Å². The molecule has 0 bridgehead atoms. The highest BCUT2D eigenvalue weighted by atomic mass is 16.5. The minimum atomic E-state index is 0.256. The normalized spacial score (nSPS) is 12.8. The minimum absolute atomic E-state index is 0.256. The summed E-state index contributed by atoms with van der Waals surface area (Å²) in [6.45, 7) is 13.7. The molecule has 156 valence electrons. The number of hydrogen-bond acceptors (Lipinski definition) is 4. The van der Waals surface area contributed by atoms with Crippen molar-refractivity contribution in [2.24, 2.45) is 0 Å². The van der Waals surface area contributed by atoms with Crippen LogP contribution in [0.25, 0.3) is 22.3 Å². The smallest absolute Gasteiger partial charge is 0.137 e. The van der Waals surface area contributed by atoms with E-state index in [-0.39, 0.29) is 6.04 Å². The van der Waals surface area contributed by atoms with Crippen molar-refractivity contribution in [1.82, 2.24) is 14.5 Å². The maximum absolute atomic E-state index is 5.40. The van der Waals surface area contributed by atoms with Gasteiger partial charge in [0, 0.05) is 38.7 Å². The van der Waals surface area contributed by atoms with Crippen LogP contribution in [0, 0.1) is 20.8 Å². The van der Waals surface area contributed by atoms with Gasteiger partial charge >= 0.3 is 0 Å². The molecule has 3 heterocycles. The van der Waals surface area contributed by atoms with Crippen LogP contribution >= 0.6 is 0 Å². The number of pyridine rings is 2. The first-order valence-corrected chi connectivity index (χ1v) is 10.3. The third-order valence-corrected chi connectivity index (χ3v) is 5.73. The molecule has 29 heavy (non-hydrogen) atoms. The summed E-state index contributed by atoms with van der Waals surface area (Å²) >= 11 is 0. The molecule has 0 unspecified atom stereocenters. The van der Waals surface area contributed by atoms with E-state index in [9.17, 15) is 0 Å². The molecule has 0 radical (unpaired) electrons. The van der Waals surface area contributed by atoms with E-state index in [1.54, 1.807) is 7.11 Å². The van der Waals surface area contributed by atoms with Gasteiger partial charge in [-0.15, -0.1) is 0 Å². The summed E-state index contributed by atoms with van der Waals surface area (Å²) in [7, 11) is 5.84. The summed E-state index contributed by atoms with van der Waals surface area (Å²) in [4.78, 5) is 12.2. The van der Waals surface area contributed by atoms with E-state index in [0.717, 1.165) is 28.3 Å². The number of aromatic nitrogens is 3. The Morgan fingerprint density at radius 2 is 1.72 bits per heavy atom. The average molecular weight is 395 g/mol. The molecule has 0 N–H and O–H groups in total. The molecule has 0 aliphatic heterocycles. The number of nitrogens with zero attached hydrogens (tertiary/aromatic N) is 4. The number of hydrogen-bond donors (Lipinski definition) is 0. The molecule has 3 rings (SSSR count). The molecule has 0 saturated carbocycles. The van der Waals surface area contributed by atoms with Gasteiger partial charge in [-0.1, -0.05) is 13.8 Å². The van der Waals surface area contributed by atoms with Gasteiger partial charge in [-0.3, -0.25) is 0 Å². The van der Waals surface area contributed by atoms with Crippen LogP contribution in [0.5, 0.6) is 0 Å². The first-order valence-electron chi connectivity index (χ1n) is 10.3. The summed E-state index contributed by atoms with van der Waals surface area (Å²) in [6, 6.07) is 4.57. The van der Waals surface area contributed by atoms with Gasteiger partial charge in [-0.25, -0.2) is 9.97 Å². The number of fused-ring (bicyclic) bond motifs is 1. The quantitative estimate of drug-likeness (QED) is 0.560. The van der Waals surface area contributed by atoms with E-state index in [4.69, 9.17) is 14.7 Å². The van der Waals surface area contributed by atoms with Crippen molar-refractivity contribution >= 4 is 16.9 Å². The van der Waals surface area contributed by atoms with Gasteiger partial charge in [0.2, 0.25) is 0 Å². The zero-order chi connectivity index (χ0) is 21.5. The zero-order valence-electron chi connectivity index (χ0n) is 19.3. The van der Waals surface area contributed by atoms with Gasteiger partial charge in [-0.2, -0.15) is 0 Å². The second kappa shape index (κ2) is 8.15. The maximum atomic E-state index is 5.40. The molecule has 0 aromatic carbocycles. The molecule has 3 aromatic heterocycles. The fourth-order valence-electron chi connectivity index (χ4n) is 3.95. The van der Waals surface area contributed by atoms with E-state index in [2.05, 4.69) is 69.3 Å². The fourth-order valence-corrected chi connectivity index (χ4v) is 3.95. The predicted octanol–water partition coefficient (Wildman–Crippen LogP) is 5.42. The van der Waals surface area contributed by atoms with E-state index in [1.165, 1.54) is 22.2 Å². The highest BCUT2D eigenvalue weighted by Crippen LogP contribution is 2.36. The number of ether oxygens (including phenoxy) is 1. The van der Waals surface area contributed by atoms with E-state index in [1.807, 2.05) is 14.1 Å². The predicted molar refractivity (Wildman–Crippen MR) is 122 cm³/mol. The van der Waals surface area contributed by atoms with Gasteiger partial charge < -0.3 is 14.2 Å². The molecular weight excluding hydrogens is 360 g/mol. The molecule has 0 spiro atoms. The lowest BCUT2D eigenvalue weighted by Gasteiger charge is -2.21. The minimum Gasteiger partial charge on any atom is -0.383 e. The van der Waals surface area contributed by atoms with Crippen molar-refractivity contribution in [3.05, 3.63) is 40.7 Å². The van der Waals surface area contributed by atoms with Gasteiger partial charge in [0.1, 0.15) is 5.82 Å². The highest BCUT2D eigenvalue weighted by Gasteiger charge is 2.21. The van der Waals surface area contributed by atoms with Crippen LogP contribution in [0.1, 0.15) is 55.1 Å². The van der Waals surface area contributed by atoms with Crippen LogP contribution in [0.4, 0.5) is 5.82 Å². The second-order valence-corrected chi connectivity index (χ2v) is 8.59. The number of aryl methyl sites for hydroxylation is 2. The lowest BCUT2D eigenvalue weighted by atomic mass is 10.00. The lowest BCUT2D eigenvalue weighted by Crippen LogP contribution is -2.14. The topological polar surface area (TPSA) is 43.2 Å². The number of methoxy groups -OCH3 is 1. The number of anilines is 1. The molecule has 5 nitrogen and oxygen atoms in total. The Morgan fingerprint density at radius 1 is 1.03 bits per heavy atom. The van der Waals surface area contributed by atoms with Crippen LogP contribution in [0.2, 0.25) is 0 Å². The van der Waals surface area contributed by atoms with Crippen LogP contribution in [-0.4, -0.2) is 42.3 Å². The molecule has 5 heteroatoms. The molecule has 0 saturated heterocycles. The Hall–Kier alpha value is -2.40. The van der Waals surface area contributed by atoms with Gasteiger partial charge in [0.05, 0.1) is 29.4 Å². The van der Waals surface area contributed by atoms with E-state index in [0.29, 0.717) is 12.5 Å². The Kier molecular flexibility index (Phi) is 5.99. The third kappa shape index (κ3) is 3.76. The van der Waals surface area contributed by atoms with Crippen molar-refractivity contribution in [2.45, 2.75) is 53.5 Å². The second-order valence-electron chi connectivity index (χ2n) is 8.59. The third-order valence-electron chi connectivity index (χ3n) is 5.73. The van der Waals surface area contributed by atoms with Crippen molar-refractivity contribution in [2.75, 3.05) is 32.7 Å². The zero-order valence-corrected chi connectivity index (χ0v) is 19.3. The first-order chi connectivity index (χ1) is 13.7.